The lowest BCUT2D eigenvalue weighted by Crippen LogP contribution is -2.49. The number of rotatable bonds is 30. The highest BCUT2D eigenvalue weighted by molar-refractivity contribution is 6.00. The third kappa shape index (κ3) is 18.7. The Labute approximate surface area is 474 Å². The second-order valence-electron chi connectivity index (χ2n) is 18.7. The molecule has 6 rings (SSSR count). The average Bonchev–Trinajstić information content (AvgIpc) is 4.08. The molecule has 3 N–H and O–H groups in total. The van der Waals surface area contributed by atoms with E-state index in [1.807, 2.05) is 13.0 Å². The molecule has 430 valence electrons. The van der Waals surface area contributed by atoms with E-state index in [-0.39, 0.29) is 72.6 Å². The summed E-state index contributed by atoms with van der Waals surface area (Å²) in [6.45, 7) is 2.35. The molecule has 0 aliphatic rings. The van der Waals surface area contributed by atoms with Crippen LogP contribution in [0, 0.1) is 5.92 Å². The van der Waals surface area contributed by atoms with Gasteiger partial charge in [0.25, 0.3) is 11.8 Å². The Morgan fingerprint density at radius 1 is 0.634 bits per heavy atom. The summed E-state index contributed by atoms with van der Waals surface area (Å²) in [4.78, 5) is 126. The van der Waals surface area contributed by atoms with Gasteiger partial charge in [0, 0.05) is 19.7 Å². The van der Waals surface area contributed by atoms with Gasteiger partial charge in [0.05, 0.1) is 30.6 Å². The van der Waals surface area contributed by atoms with Crippen molar-refractivity contribution < 1.29 is 76.1 Å². The average molecular weight is 1120 g/mol. The van der Waals surface area contributed by atoms with Gasteiger partial charge in [-0.15, -0.1) is 0 Å². The molecule has 82 heavy (non-hydrogen) atoms. The molecule has 0 radical (unpaired) electrons. The number of nitrogens with zero attached hydrogens (tertiary/aromatic N) is 2. The van der Waals surface area contributed by atoms with Gasteiger partial charge < -0.3 is 53.8 Å². The van der Waals surface area contributed by atoms with Crippen molar-refractivity contribution in [2.45, 2.75) is 84.3 Å². The molecule has 1 heterocycles. The molecule has 5 amide bonds. The molecule has 21 heteroatoms. The van der Waals surface area contributed by atoms with Gasteiger partial charge in [-0.3, -0.25) is 24.0 Å². The first-order valence-electron chi connectivity index (χ1n) is 26.4. The van der Waals surface area contributed by atoms with Crippen molar-refractivity contribution in [1.29, 1.82) is 0 Å². The fourth-order valence-corrected chi connectivity index (χ4v) is 8.14. The van der Waals surface area contributed by atoms with Crippen molar-refractivity contribution in [3.05, 3.63) is 179 Å². The summed E-state index contributed by atoms with van der Waals surface area (Å²) in [5, 5.41) is 8.62. The summed E-state index contributed by atoms with van der Waals surface area (Å²) in [6.07, 6.45) is 1.59. The van der Waals surface area contributed by atoms with Gasteiger partial charge in [-0.2, -0.15) is 5.06 Å². The normalized spacial score (nSPS) is 11.8. The molecule has 0 saturated heterocycles. The molecule has 1 aromatic heterocycles. The van der Waals surface area contributed by atoms with Crippen LogP contribution in [0.2, 0.25) is 0 Å². The zero-order chi connectivity index (χ0) is 58.8. The molecule has 0 bridgehead atoms. The Morgan fingerprint density at radius 2 is 1.24 bits per heavy atom. The fourth-order valence-electron chi connectivity index (χ4n) is 8.14. The first kappa shape index (κ1) is 61.4. The Bertz CT molecular complexity index is 3120. The van der Waals surface area contributed by atoms with Gasteiger partial charge in [0.1, 0.15) is 48.7 Å². The number of furan rings is 1. The smallest absolute Gasteiger partial charge is 0.414 e. The van der Waals surface area contributed by atoms with Crippen molar-refractivity contribution >= 4 is 54.1 Å². The Kier molecular flexibility index (Phi) is 23.8. The molecule has 0 aliphatic heterocycles. The van der Waals surface area contributed by atoms with Crippen molar-refractivity contribution in [3.8, 4) is 22.8 Å². The molecule has 5 aromatic carbocycles. The summed E-state index contributed by atoms with van der Waals surface area (Å²) >= 11 is 0. The molecular formula is C61H65N5O16. The number of carbonyl (C=O) groups excluding carboxylic acids is 9. The Morgan fingerprint density at radius 3 is 1.85 bits per heavy atom. The van der Waals surface area contributed by atoms with Gasteiger partial charge in [-0.05, 0) is 65.9 Å². The number of nitrogens with one attached hydrogen (secondary N) is 3. The van der Waals surface area contributed by atoms with Gasteiger partial charge in [0.2, 0.25) is 12.3 Å². The van der Waals surface area contributed by atoms with Gasteiger partial charge in [-0.1, -0.05) is 142 Å². The molecular weight excluding hydrogens is 1060 g/mol. The van der Waals surface area contributed by atoms with Crippen molar-refractivity contribution in [3.63, 3.8) is 0 Å². The highest BCUT2D eigenvalue weighted by Gasteiger charge is 2.35. The summed E-state index contributed by atoms with van der Waals surface area (Å²) in [7, 11) is 2.94. The summed E-state index contributed by atoms with van der Waals surface area (Å²) in [5.74, 6) is -6.94. The van der Waals surface area contributed by atoms with Gasteiger partial charge in [0.15, 0.2) is 12.4 Å². The van der Waals surface area contributed by atoms with Crippen LogP contribution in [0.4, 0.5) is 4.79 Å². The van der Waals surface area contributed by atoms with Gasteiger partial charge in [-0.25, -0.2) is 19.2 Å². The van der Waals surface area contributed by atoms with E-state index in [1.165, 1.54) is 67.5 Å². The predicted octanol–water partition coefficient (Wildman–Crippen LogP) is 8.11. The lowest BCUT2D eigenvalue weighted by atomic mass is 9.90. The van der Waals surface area contributed by atoms with E-state index in [2.05, 4.69) is 16.0 Å². The molecule has 3 atom stereocenters. The molecule has 0 fully saturated rings. The van der Waals surface area contributed by atoms with Crippen molar-refractivity contribution in [2.75, 3.05) is 27.4 Å². The van der Waals surface area contributed by atoms with Crippen LogP contribution in [0.15, 0.2) is 150 Å². The molecule has 0 aliphatic carbocycles. The quantitative estimate of drug-likeness (QED) is 0.00960. The van der Waals surface area contributed by atoms with E-state index in [0.29, 0.717) is 30.4 Å². The monoisotopic (exact) mass is 1120 g/mol. The van der Waals surface area contributed by atoms with E-state index in [1.54, 1.807) is 97.9 Å². The van der Waals surface area contributed by atoms with E-state index in [9.17, 15) is 43.2 Å². The number of benzene rings is 5. The Balaban J connectivity index is 1.16. The maximum atomic E-state index is 14.2. The van der Waals surface area contributed by atoms with Crippen LogP contribution in [0.25, 0.3) is 11.3 Å². The van der Waals surface area contributed by atoms with Crippen LogP contribution in [0.5, 0.6) is 11.5 Å². The minimum atomic E-state index is -1.54. The van der Waals surface area contributed by atoms with Crippen molar-refractivity contribution in [2.24, 2.45) is 5.92 Å². The minimum absolute atomic E-state index is 0.0606. The summed E-state index contributed by atoms with van der Waals surface area (Å²) in [5.41, 5.74) is 2.05. The number of hydrogen-bond acceptors (Lipinski definition) is 16. The zero-order valence-corrected chi connectivity index (χ0v) is 45.9. The highest BCUT2D eigenvalue weighted by atomic mass is 16.7. The molecule has 21 nitrogen and oxygen atoms in total. The lowest BCUT2D eigenvalue weighted by molar-refractivity contribution is -0.171. The number of hydroxylamine groups is 2. The van der Waals surface area contributed by atoms with Crippen LogP contribution < -0.4 is 25.4 Å². The first-order valence-corrected chi connectivity index (χ1v) is 26.4. The van der Waals surface area contributed by atoms with Gasteiger partial charge >= 0.3 is 30.0 Å². The molecule has 0 spiro atoms. The van der Waals surface area contributed by atoms with Crippen LogP contribution in [0.1, 0.15) is 100 Å². The zero-order valence-electron chi connectivity index (χ0n) is 45.9. The SMILES string of the molecule is CCCCCC(C(=O)NCNC(=O)c1ccc(-c2ccc(C(=O)NC(CC(=O)OCc3ccccc3)C(=O)OCc3ccccc3)c(OCC(=O)OCc3ccccc3)c2)o1)C(CC)N(C=O)OC(=O)c1ccccc1OC(=O)N(C)C. The van der Waals surface area contributed by atoms with E-state index in [4.69, 9.17) is 32.9 Å². The predicted molar refractivity (Wildman–Crippen MR) is 296 cm³/mol. The van der Waals surface area contributed by atoms with Crippen LogP contribution in [0.3, 0.4) is 0 Å². The molecule has 6 aromatic rings. The summed E-state index contributed by atoms with van der Waals surface area (Å²) < 4.78 is 33.5. The Hall–Kier alpha value is -9.79. The van der Waals surface area contributed by atoms with Crippen LogP contribution in [-0.4, -0.2) is 104 Å². The van der Waals surface area contributed by atoms with Crippen molar-refractivity contribution in [1.82, 2.24) is 25.9 Å². The highest BCUT2D eigenvalue weighted by Crippen LogP contribution is 2.30. The van der Waals surface area contributed by atoms with E-state index >= 15 is 0 Å². The number of amides is 5. The third-order valence-corrected chi connectivity index (χ3v) is 12.5. The first-order chi connectivity index (χ1) is 39.7. The third-order valence-electron chi connectivity index (χ3n) is 12.5. The van der Waals surface area contributed by atoms with Crippen LogP contribution >= 0.6 is 0 Å². The number of esters is 3. The number of hydrogen-bond donors (Lipinski definition) is 3. The number of carbonyl (C=O) groups is 9. The summed E-state index contributed by atoms with van der Waals surface area (Å²) in [6, 6.07) is 37.0. The van der Waals surface area contributed by atoms with E-state index < -0.39 is 78.7 Å². The second-order valence-corrected chi connectivity index (χ2v) is 18.7. The minimum Gasteiger partial charge on any atom is -0.481 e. The molecule has 0 saturated carbocycles. The maximum absolute atomic E-state index is 14.2. The standard InChI is InChI=1S/C61H65N5O16/c1-5-7-11-26-45(49(6-2)66(40-67)82-59(73)47-27-18-19-28-51(47)81-61(75)65(3)4)56(70)62-39-63-58(72)52-32-31-50(80-52)44-29-30-46(53(33-44)76-38-55(69)78-36-42-22-14-9-15-23-42)57(71)64-48(60(74)79-37-43-24-16-10-17-25-43)34-54(68)77-35-41-20-12-8-13-21-41/h8-10,12-25,27-33,40,45,48-49H,5-7,11,26,34-39H2,1-4H3,(H,62,70)(H,63,72)(H,64,71). The second kappa shape index (κ2) is 31.7. The van der Waals surface area contributed by atoms with E-state index in [0.717, 1.165) is 23.5 Å². The van der Waals surface area contributed by atoms with Crippen LogP contribution in [-0.2, 0) is 62.8 Å². The largest absolute Gasteiger partial charge is 0.481 e. The number of ether oxygens (including phenoxy) is 5. The topological polar surface area (TPSA) is 265 Å². The number of para-hydroxylation sites is 1. The fraction of sp³-hybridized carbons (Fsp3) is 0.295. The maximum Gasteiger partial charge on any atom is 0.414 e. The number of unbranched alkanes of at least 4 members (excludes halogenated alkanes) is 2. The molecule has 3 unspecified atom stereocenters. The lowest BCUT2D eigenvalue weighted by Gasteiger charge is -2.32.